The average molecular weight is 291 g/mol. The van der Waals surface area contributed by atoms with Crippen molar-refractivity contribution >= 4 is 17.4 Å². The highest BCUT2D eigenvalue weighted by Crippen LogP contribution is 2.28. The third-order valence-electron chi connectivity index (χ3n) is 2.75. The van der Waals surface area contributed by atoms with Crippen LogP contribution in [0.4, 0.5) is 4.79 Å². The van der Waals surface area contributed by atoms with Gasteiger partial charge in [-0.05, 0) is 12.1 Å². The van der Waals surface area contributed by atoms with E-state index in [1.807, 2.05) is 18.3 Å². The number of carbonyl (C=O) groups is 1. The minimum atomic E-state index is -0.252. The molecule has 0 saturated heterocycles. The number of urea groups is 1. The maximum Gasteiger partial charge on any atom is 0.328 e. The van der Waals surface area contributed by atoms with Crippen molar-refractivity contribution < 1.29 is 4.79 Å². The average Bonchev–Trinajstić information content (AvgIpc) is 2.97. The number of amides is 2. The Morgan fingerprint density at radius 2 is 2.30 bits per heavy atom. The van der Waals surface area contributed by atoms with E-state index in [9.17, 15) is 4.79 Å². The quantitative estimate of drug-likeness (QED) is 0.733. The molecule has 106 valence electrons. The summed E-state index contributed by atoms with van der Waals surface area (Å²) in [7, 11) is 1.57. The number of rotatable bonds is 5. The van der Waals surface area contributed by atoms with Crippen molar-refractivity contribution in [2.45, 2.75) is 12.8 Å². The van der Waals surface area contributed by atoms with E-state index in [-0.39, 0.29) is 11.9 Å². The lowest BCUT2D eigenvalue weighted by molar-refractivity contribution is 0.238. The number of nitrogens with one attached hydrogen (secondary N) is 3. The molecule has 0 saturated carbocycles. The SMILES string of the molecule is CNC(=O)NNCC(C)c1cnc(-c2cccnc2)s1. The van der Waals surface area contributed by atoms with Gasteiger partial charge >= 0.3 is 6.03 Å². The molecule has 0 aliphatic heterocycles. The molecule has 0 bridgehead atoms. The molecule has 2 aromatic rings. The molecule has 0 aliphatic rings. The molecule has 2 amide bonds. The third-order valence-corrected chi connectivity index (χ3v) is 4.03. The molecule has 0 spiro atoms. The van der Waals surface area contributed by atoms with E-state index in [4.69, 9.17) is 0 Å². The fourth-order valence-corrected chi connectivity index (χ4v) is 2.54. The molecule has 6 nitrogen and oxygen atoms in total. The lowest BCUT2D eigenvalue weighted by atomic mass is 10.1. The number of hydrazine groups is 1. The van der Waals surface area contributed by atoms with E-state index >= 15 is 0 Å². The second-order valence-electron chi connectivity index (χ2n) is 4.30. The van der Waals surface area contributed by atoms with Crippen LogP contribution in [0, 0.1) is 0 Å². The van der Waals surface area contributed by atoms with Crippen LogP contribution in [0.3, 0.4) is 0 Å². The zero-order valence-electron chi connectivity index (χ0n) is 11.4. The molecule has 2 rings (SSSR count). The fourth-order valence-electron chi connectivity index (χ4n) is 1.58. The van der Waals surface area contributed by atoms with Crippen molar-refractivity contribution in [2.75, 3.05) is 13.6 Å². The molecule has 0 fully saturated rings. The van der Waals surface area contributed by atoms with Crippen molar-refractivity contribution in [3.05, 3.63) is 35.6 Å². The largest absolute Gasteiger partial charge is 0.340 e. The summed E-state index contributed by atoms with van der Waals surface area (Å²) in [6, 6.07) is 3.64. The van der Waals surface area contributed by atoms with Crippen molar-refractivity contribution in [3.63, 3.8) is 0 Å². The van der Waals surface area contributed by atoms with Crippen LogP contribution in [0.5, 0.6) is 0 Å². The number of carbonyl (C=O) groups excluding carboxylic acids is 1. The van der Waals surface area contributed by atoms with Gasteiger partial charge in [0.25, 0.3) is 0 Å². The van der Waals surface area contributed by atoms with Crippen molar-refractivity contribution in [1.82, 2.24) is 26.1 Å². The number of nitrogens with zero attached hydrogens (tertiary/aromatic N) is 2. The molecule has 0 aromatic carbocycles. The number of pyridine rings is 1. The van der Waals surface area contributed by atoms with Gasteiger partial charge in [0.2, 0.25) is 0 Å². The van der Waals surface area contributed by atoms with Crippen LogP contribution in [0.2, 0.25) is 0 Å². The van der Waals surface area contributed by atoms with Gasteiger partial charge < -0.3 is 5.32 Å². The summed E-state index contributed by atoms with van der Waals surface area (Å²) in [5.74, 6) is 0.259. The normalized spacial score (nSPS) is 11.9. The van der Waals surface area contributed by atoms with Crippen LogP contribution in [-0.4, -0.2) is 29.6 Å². The van der Waals surface area contributed by atoms with Crippen LogP contribution in [0.1, 0.15) is 17.7 Å². The second kappa shape index (κ2) is 6.97. The molecule has 1 unspecified atom stereocenters. The van der Waals surface area contributed by atoms with Gasteiger partial charge in [0.15, 0.2) is 0 Å². The minimum absolute atomic E-state index is 0.252. The van der Waals surface area contributed by atoms with Gasteiger partial charge in [0, 0.05) is 48.5 Å². The maximum atomic E-state index is 11.0. The van der Waals surface area contributed by atoms with Gasteiger partial charge in [-0.25, -0.2) is 15.2 Å². The zero-order chi connectivity index (χ0) is 14.4. The standard InChI is InChI=1S/C13H17N5OS/c1-9(6-17-18-13(19)14-2)11-8-16-12(20-11)10-4-3-5-15-7-10/h3-5,7-9,17H,6H2,1-2H3,(H2,14,18,19). The Bertz CT molecular complexity index is 557. The Hall–Kier alpha value is -1.99. The summed E-state index contributed by atoms with van der Waals surface area (Å²) in [4.78, 5) is 20.7. The first-order valence-electron chi connectivity index (χ1n) is 6.27. The Labute approximate surface area is 121 Å². The Balaban J connectivity index is 1.93. The Morgan fingerprint density at radius 1 is 1.45 bits per heavy atom. The number of hydrogen-bond acceptors (Lipinski definition) is 5. The molecule has 1 atom stereocenters. The predicted molar refractivity (Wildman–Crippen MR) is 79.4 cm³/mol. The zero-order valence-corrected chi connectivity index (χ0v) is 12.2. The van der Waals surface area contributed by atoms with Crippen LogP contribution >= 0.6 is 11.3 Å². The van der Waals surface area contributed by atoms with Crippen LogP contribution in [0.25, 0.3) is 10.6 Å². The number of hydrogen-bond donors (Lipinski definition) is 3. The van der Waals surface area contributed by atoms with Crippen LogP contribution in [-0.2, 0) is 0 Å². The van der Waals surface area contributed by atoms with E-state index in [2.05, 4.69) is 33.1 Å². The second-order valence-corrected chi connectivity index (χ2v) is 5.36. The van der Waals surface area contributed by atoms with Gasteiger partial charge in [-0.1, -0.05) is 6.92 Å². The Morgan fingerprint density at radius 3 is 3.00 bits per heavy atom. The molecule has 7 heteroatoms. The molecule has 3 N–H and O–H groups in total. The van der Waals surface area contributed by atoms with Crippen LogP contribution in [0.15, 0.2) is 30.7 Å². The van der Waals surface area contributed by atoms with E-state index in [1.165, 1.54) is 0 Å². The van der Waals surface area contributed by atoms with E-state index in [0.29, 0.717) is 6.54 Å². The molecule has 2 aromatic heterocycles. The lowest BCUT2D eigenvalue weighted by Crippen LogP contribution is -2.44. The first-order chi connectivity index (χ1) is 9.70. The highest BCUT2D eigenvalue weighted by molar-refractivity contribution is 7.15. The number of aromatic nitrogens is 2. The molecular weight excluding hydrogens is 274 g/mol. The van der Waals surface area contributed by atoms with Gasteiger partial charge in [-0.15, -0.1) is 11.3 Å². The summed E-state index contributed by atoms with van der Waals surface area (Å²) in [6.07, 6.45) is 5.42. The first-order valence-corrected chi connectivity index (χ1v) is 7.09. The van der Waals surface area contributed by atoms with Crippen molar-refractivity contribution in [1.29, 1.82) is 0 Å². The van der Waals surface area contributed by atoms with Crippen molar-refractivity contribution in [3.8, 4) is 10.6 Å². The van der Waals surface area contributed by atoms with Gasteiger partial charge in [0.1, 0.15) is 5.01 Å². The van der Waals surface area contributed by atoms with Gasteiger partial charge in [-0.3, -0.25) is 10.4 Å². The van der Waals surface area contributed by atoms with Gasteiger partial charge in [0.05, 0.1) is 0 Å². The molecule has 2 heterocycles. The molecule has 20 heavy (non-hydrogen) atoms. The van der Waals surface area contributed by atoms with E-state index in [1.54, 1.807) is 30.8 Å². The van der Waals surface area contributed by atoms with Crippen LogP contribution < -0.4 is 16.2 Å². The van der Waals surface area contributed by atoms with Crippen molar-refractivity contribution in [2.24, 2.45) is 0 Å². The summed E-state index contributed by atoms with van der Waals surface area (Å²) in [6.45, 7) is 2.72. The monoisotopic (exact) mass is 291 g/mol. The fraction of sp³-hybridized carbons (Fsp3) is 0.308. The summed E-state index contributed by atoms with van der Waals surface area (Å²) >= 11 is 1.64. The number of thiazole rings is 1. The maximum absolute atomic E-state index is 11.0. The first kappa shape index (κ1) is 14.4. The highest BCUT2D eigenvalue weighted by atomic mass is 32.1. The topological polar surface area (TPSA) is 78.9 Å². The predicted octanol–water partition coefficient (Wildman–Crippen LogP) is 1.74. The third kappa shape index (κ3) is 3.75. The van der Waals surface area contributed by atoms with E-state index in [0.717, 1.165) is 15.4 Å². The minimum Gasteiger partial charge on any atom is -0.340 e. The lowest BCUT2D eigenvalue weighted by Gasteiger charge is -2.11. The molecular formula is C13H17N5OS. The summed E-state index contributed by atoms with van der Waals surface area (Å²) < 4.78 is 0. The summed E-state index contributed by atoms with van der Waals surface area (Å²) in [5.41, 5.74) is 6.45. The smallest absolute Gasteiger partial charge is 0.328 e. The highest BCUT2D eigenvalue weighted by Gasteiger charge is 2.11. The molecule has 0 radical (unpaired) electrons. The summed E-state index contributed by atoms with van der Waals surface area (Å²) in [5, 5.41) is 3.43. The van der Waals surface area contributed by atoms with E-state index < -0.39 is 0 Å². The van der Waals surface area contributed by atoms with Gasteiger partial charge in [-0.2, -0.15) is 0 Å². The molecule has 0 aliphatic carbocycles. The Kier molecular flexibility index (Phi) is 5.03.